The average Bonchev–Trinajstić information content (AvgIpc) is 2.07. The monoisotopic (exact) mass is 170 g/mol. The Balaban J connectivity index is 2.28. The minimum Gasteiger partial charge on any atom is -0.394 e. The predicted molar refractivity (Wildman–Crippen MR) is 47.4 cm³/mol. The van der Waals surface area contributed by atoms with Crippen molar-refractivity contribution in [3.63, 3.8) is 0 Å². The van der Waals surface area contributed by atoms with Gasteiger partial charge in [0.1, 0.15) is 0 Å². The molecule has 3 heteroatoms. The second-order valence-corrected chi connectivity index (χ2v) is 3.11. The zero-order valence-corrected chi connectivity index (χ0v) is 7.16. The molecule has 11 heavy (non-hydrogen) atoms. The molecule has 1 aromatic carbocycles. The van der Waals surface area contributed by atoms with Crippen LogP contribution >= 0.6 is 8.81 Å². The number of hydrogen-bond donors (Lipinski definition) is 1. The zero-order chi connectivity index (χ0) is 7.94. The maximum atomic E-state index is 8.42. The first-order valence-electron chi connectivity index (χ1n) is 3.47. The van der Waals surface area contributed by atoms with Crippen LogP contribution in [0.3, 0.4) is 0 Å². The van der Waals surface area contributed by atoms with Crippen molar-refractivity contribution in [3.8, 4) is 0 Å². The van der Waals surface area contributed by atoms with Crippen molar-refractivity contribution >= 4 is 14.1 Å². The first-order chi connectivity index (χ1) is 5.43. The molecule has 1 rings (SSSR count). The SMILES string of the molecule is OCCOPc1ccccc1. The third kappa shape index (κ3) is 3.47. The first kappa shape index (κ1) is 8.66. The lowest BCUT2D eigenvalue weighted by molar-refractivity contribution is 0.218. The van der Waals surface area contributed by atoms with E-state index in [0.29, 0.717) is 15.4 Å². The summed E-state index contributed by atoms with van der Waals surface area (Å²) >= 11 is 0. The van der Waals surface area contributed by atoms with Gasteiger partial charge in [-0.05, 0) is 5.30 Å². The predicted octanol–water partition coefficient (Wildman–Crippen LogP) is 0.914. The standard InChI is InChI=1S/C8H11O2P/c9-6-7-10-11-8-4-2-1-3-5-8/h1-5,9,11H,6-7H2. The Bertz CT molecular complexity index is 189. The van der Waals surface area contributed by atoms with Gasteiger partial charge < -0.3 is 9.63 Å². The Morgan fingerprint density at radius 1 is 1.27 bits per heavy atom. The van der Waals surface area contributed by atoms with Crippen LogP contribution in [0.1, 0.15) is 0 Å². The summed E-state index contributed by atoms with van der Waals surface area (Å²) in [7, 11) is 0.351. The Labute approximate surface area is 68.1 Å². The lowest BCUT2D eigenvalue weighted by Crippen LogP contribution is -1.97. The van der Waals surface area contributed by atoms with Gasteiger partial charge >= 0.3 is 0 Å². The molecule has 2 nitrogen and oxygen atoms in total. The second-order valence-electron chi connectivity index (χ2n) is 2.04. The van der Waals surface area contributed by atoms with E-state index < -0.39 is 0 Å². The van der Waals surface area contributed by atoms with Crippen molar-refractivity contribution in [1.29, 1.82) is 0 Å². The fraction of sp³-hybridized carbons (Fsp3) is 0.250. The molecule has 0 aliphatic heterocycles. The van der Waals surface area contributed by atoms with Crippen molar-refractivity contribution in [2.75, 3.05) is 13.2 Å². The molecule has 0 aliphatic rings. The summed E-state index contributed by atoms with van der Waals surface area (Å²) in [6.07, 6.45) is 0. The number of benzene rings is 1. The van der Waals surface area contributed by atoms with Crippen LogP contribution in [0.4, 0.5) is 0 Å². The third-order valence-corrected chi connectivity index (χ3v) is 2.07. The highest BCUT2D eigenvalue weighted by molar-refractivity contribution is 7.41. The van der Waals surface area contributed by atoms with E-state index in [0.717, 1.165) is 0 Å². The van der Waals surface area contributed by atoms with Gasteiger partial charge in [0.25, 0.3) is 0 Å². The summed E-state index contributed by atoms with van der Waals surface area (Å²) in [5.41, 5.74) is 0. The molecule has 60 valence electrons. The maximum Gasteiger partial charge on any atom is 0.0741 e. The van der Waals surface area contributed by atoms with Crippen LogP contribution in [0.5, 0.6) is 0 Å². The van der Waals surface area contributed by atoms with Crippen molar-refractivity contribution < 1.29 is 9.63 Å². The van der Waals surface area contributed by atoms with Gasteiger partial charge in [0, 0.05) is 8.81 Å². The van der Waals surface area contributed by atoms with Crippen LogP contribution in [0.15, 0.2) is 30.3 Å². The molecule has 0 bridgehead atoms. The van der Waals surface area contributed by atoms with E-state index in [1.54, 1.807) is 0 Å². The topological polar surface area (TPSA) is 29.5 Å². The van der Waals surface area contributed by atoms with Crippen LogP contribution in [-0.4, -0.2) is 18.3 Å². The summed E-state index contributed by atoms with van der Waals surface area (Å²) in [6, 6.07) is 9.95. The highest BCUT2D eigenvalue weighted by Gasteiger charge is 1.89. The minimum atomic E-state index is 0.0971. The van der Waals surface area contributed by atoms with Crippen molar-refractivity contribution in [2.24, 2.45) is 0 Å². The highest BCUT2D eigenvalue weighted by atomic mass is 31.1. The van der Waals surface area contributed by atoms with Crippen LogP contribution in [0.2, 0.25) is 0 Å². The highest BCUT2D eigenvalue weighted by Crippen LogP contribution is 2.09. The first-order valence-corrected chi connectivity index (χ1v) is 4.38. The Kier molecular flexibility index (Phi) is 4.14. The van der Waals surface area contributed by atoms with E-state index in [1.807, 2.05) is 30.3 Å². The molecule has 1 N–H and O–H groups in total. The average molecular weight is 170 g/mol. The van der Waals surface area contributed by atoms with Crippen LogP contribution in [0, 0.1) is 0 Å². The number of hydrogen-bond acceptors (Lipinski definition) is 2. The summed E-state index contributed by atoms with van der Waals surface area (Å²) < 4.78 is 5.15. The van der Waals surface area contributed by atoms with Crippen molar-refractivity contribution in [2.45, 2.75) is 0 Å². The Morgan fingerprint density at radius 3 is 2.64 bits per heavy atom. The number of rotatable bonds is 4. The summed E-state index contributed by atoms with van der Waals surface area (Å²) in [4.78, 5) is 0. The molecule has 1 atom stereocenters. The molecular weight excluding hydrogens is 159 g/mol. The van der Waals surface area contributed by atoms with E-state index >= 15 is 0 Å². The quantitative estimate of drug-likeness (QED) is 0.537. The zero-order valence-electron chi connectivity index (χ0n) is 6.16. The largest absolute Gasteiger partial charge is 0.394 e. The van der Waals surface area contributed by atoms with E-state index in [2.05, 4.69) is 0 Å². The molecule has 1 unspecified atom stereocenters. The van der Waals surface area contributed by atoms with Crippen LogP contribution < -0.4 is 5.30 Å². The van der Waals surface area contributed by atoms with Gasteiger partial charge in [-0.3, -0.25) is 0 Å². The van der Waals surface area contributed by atoms with E-state index in [1.165, 1.54) is 5.30 Å². The second kappa shape index (κ2) is 5.25. The molecule has 0 radical (unpaired) electrons. The van der Waals surface area contributed by atoms with Gasteiger partial charge in [-0.2, -0.15) is 0 Å². The fourth-order valence-electron chi connectivity index (χ4n) is 0.686. The van der Waals surface area contributed by atoms with Gasteiger partial charge in [-0.15, -0.1) is 0 Å². The molecule has 0 fully saturated rings. The molecule has 0 aliphatic carbocycles. The molecule has 0 heterocycles. The third-order valence-electron chi connectivity index (χ3n) is 1.16. The minimum absolute atomic E-state index is 0.0971. The smallest absolute Gasteiger partial charge is 0.0741 e. The Morgan fingerprint density at radius 2 is 2.00 bits per heavy atom. The molecular formula is C8H11O2P. The van der Waals surface area contributed by atoms with Crippen molar-refractivity contribution in [3.05, 3.63) is 30.3 Å². The summed E-state index contributed by atoms with van der Waals surface area (Å²) in [5, 5.41) is 9.59. The molecule has 0 aromatic heterocycles. The fourth-order valence-corrected chi connectivity index (χ4v) is 1.37. The molecule has 0 saturated heterocycles. The number of aliphatic hydroxyl groups excluding tert-OH is 1. The summed E-state index contributed by atoms with van der Waals surface area (Å²) in [6.45, 7) is 0.521. The van der Waals surface area contributed by atoms with Gasteiger partial charge in [0.2, 0.25) is 0 Å². The van der Waals surface area contributed by atoms with Gasteiger partial charge in [-0.25, -0.2) is 0 Å². The van der Waals surface area contributed by atoms with Gasteiger partial charge in [-0.1, -0.05) is 30.3 Å². The molecule has 0 spiro atoms. The van der Waals surface area contributed by atoms with Gasteiger partial charge in [0.05, 0.1) is 13.2 Å². The normalized spacial score (nSPS) is 11.0. The van der Waals surface area contributed by atoms with Crippen molar-refractivity contribution in [1.82, 2.24) is 0 Å². The van der Waals surface area contributed by atoms with Gasteiger partial charge in [0.15, 0.2) is 0 Å². The lowest BCUT2D eigenvalue weighted by atomic mass is 10.4. The molecule has 0 amide bonds. The summed E-state index contributed by atoms with van der Waals surface area (Å²) in [5.74, 6) is 0. The lowest BCUT2D eigenvalue weighted by Gasteiger charge is -2.00. The maximum absolute atomic E-state index is 8.42. The number of aliphatic hydroxyl groups is 1. The molecule has 1 aromatic rings. The van der Waals surface area contributed by atoms with E-state index in [-0.39, 0.29) is 6.61 Å². The Hall–Kier alpha value is -0.430. The van der Waals surface area contributed by atoms with E-state index in [9.17, 15) is 0 Å². The molecule has 0 saturated carbocycles. The van der Waals surface area contributed by atoms with Crippen LogP contribution in [-0.2, 0) is 4.52 Å². The van der Waals surface area contributed by atoms with Crippen LogP contribution in [0.25, 0.3) is 0 Å². The van der Waals surface area contributed by atoms with E-state index in [4.69, 9.17) is 9.63 Å².